The van der Waals surface area contributed by atoms with Crippen molar-refractivity contribution in [3.63, 3.8) is 0 Å². The molecule has 0 spiro atoms. The van der Waals surface area contributed by atoms with E-state index in [9.17, 15) is 14.4 Å². The maximum Gasteiger partial charge on any atom is 0.271 e. The van der Waals surface area contributed by atoms with Crippen molar-refractivity contribution in [3.05, 3.63) is 58.1 Å². The zero-order valence-electron chi connectivity index (χ0n) is 14.3. The Kier molecular flexibility index (Phi) is 4.13. The van der Waals surface area contributed by atoms with Gasteiger partial charge in [0.05, 0.1) is 22.0 Å². The number of benzene rings is 2. The minimum Gasteiger partial charge on any atom is -0.321 e. The lowest BCUT2D eigenvalue weighted by Crippen LogP contribution is -2.68. The summed E-state index contributed by atoms with van der Waals surface area (Å²) >= 11 is 12.1. The summed E-state index contributed by atoms with van der Waals surface area (Å²) in [7, 11) is 1.53. The van der Waals surface area contributed by atoms with E-state index in [-0.39, 0.29) is 29.7 Å². The second kappa shape index (κ2) is 6.25. The number of fused-ring (bicyclic) bond motifs is 3. The molecule has 0 aliphatic carbocycles. The Morgan fingerprint density at radius 3 is 2.63 bits per heavy atom. The summed E-state index contributed by atoms with van der Waals surface area (Å²) in [6, 6.07) is 11.5. The zero-order valence-corrected chi connectivity index (χ0v) is 15.8. The Bertz CT molecular complexity index is 994. The number of para-hydroxylation sites is 1. The SMILES string of the molecule is CN1C(=O)c2ccccc2N2C(=O)CC[C@@]12C(=O)Nc1ccc(Cl)cc1Cl. The van der Waals surface area contributed by atoms with Crippen LogP contribution >= 0.6 is 23.2 Å². The van der Waals surface area contributed by atoms with Crippen LogP contribution in [0.15, 0.2) is 42.5 Å². The maximum absolute atomic E-state index is 13.3. The van der Waals surface area contributed by atoms with E-state index in [4.69, 9.17) is 23.2 Å². The molecule has 2 aromatic carbocycles. The molecule has 1 fully saturated rings. The van der Waals surface area contributed by atoms with Gasteiger partial charge in [0.2, 0.25) is 11.6 Å². The average molecular weight is 404 g/mol. The van der Waals surface area contributed by atoms with Gasteiger partial charge in [0.15, 0.2) is 0 Å². The van der Waals surface area contributed by atoms with E-state index in [2.05, 4.69) is 5.32 Å². The zero-order chi connectivity index (χ0) is 19.3. The van der Waals surface area contributed by atoms with E-state index >= 15 is 0 Å². The Morgan fingerprint density at radius 2 is 1.89 bits per heavy atom. The molecule has 138 valence electrons. The van der Waals surface area contributed by atoms with Crippen LogP contribution in [0.1, 0.15) is 23.2 Å². The highest BCUT2D eigenvalue weighted by molar-refractivity contribution is 6.37. The van der Waals surface area contributed by atoms with Gasteiger partial charge in [0.25, 0.3) is 11.8 Å². The number of hydrogen-bond donors (Lipinski definition) is 1. The van der Waals surface area contributed by atoms with Crippen molar-refractivity contribution in [2.75, 3.05) is 17.3 Å². The summed E-state index contributed by atoms with van der Waals surface area (Å²) in [5, 5.41) is 3.46. The van der Waals surface area contributed by atoms with Gasteiger partial charge in [-0.2, -0.15) is 0 Å². The fourth-order valence-corrected chi connectivity index (χ4v) is 4.20. The van der Waals surface area contributed by atoms with Crippen molar-refractivity contribution in [1.29, 1.82) is 0 Å². The second-order valence-corrected chi connectivity index (χ2v) is 7.35. The molecule has 0 unspecified atom stereocenters. The number of hydrogen-bond acceptors (Lipinski definition) is 3. The van der Waals surface area contributed by atoms with Crippen LogP contribution < -0.4 is 10.2 Å². The summed E-state index contributed by atoms with van der Waals surface area (Å²) in [6.07, 6.45) is 0.354. The molecule has 1 saturated heterocycles. The molecule has 2 aliphatic rings. The smallest absolute Gasteiger partial charge is 0.271 e. The third-order valence-electron chi connectivity index (χ3n) is 5.08. The van der Waals surface area contributed by atoms with Crippen LogP contribution in [0.25, 0.3) is 0 Å². The number of carbonyl (C=O) groups is 3. The molecule has 4 rings (SSSR count). The Labute approximate surface area is 165 Å². The fraction of sp³-hybridized carbons (Fsp3) is 0.211. The number of anilines is 2. The van der Waals surface area contributed by atoms with Crippen molar-refractivity contribution < 1.29 is 14.4 Å². The molecule has 6 nitrogen and oxygen atoms in total. The number of carbonyl (C=O) groups excluding carboxylic acids is 3. The van der Waals surface area contributed by atoms with Crippen molar-refractivity contribution in [2.24, 2.45) is 0 Å². The topological polar surface area (TPSA) is 69.7 Å². The van der Waals surface area contributed by atoms with E-state index in [1.165, 1.54) is 22.9 Å². The molecule has 2 heterocycles. The first-order valence-corrected chi connectivity index (χ1v) is 9.08. The minimum atomic E-state index is -1.44. The van der Waals surface area contributed by atoms with Gasteiger partial charge in [0, 0.05) is 24.9 Å². The molecule has 2 aromatic rings. The molecule has 0 saturated carbocycles. The predicted molar refractivity (Wildman–Crippen MR) is 103 cm³/mol. The van der Waals surface area contributed by atoms with Crippen molar-refractivity contribution >= 4 is 52.3 Å². The number of halogens is 2. The van der Waals surface area contributed by atoms with E-state index < -0.39 is 11.6 Å². The molecular formula is C19H15Cl2N3O3. The van der Waals surface area contributed by atoms with Crippen LogP contribution in [0.2, 0.25) is 10.0 Å². The highest BCUT2D eigenvalue weighted by Gasteiger charge is 2.59. The first kappa shape index (κ1) is 17.8. The standard InChI is InChI=1S/C19H15Cl2N3O3/c1-23-17(26)12-4-2-3-5-15(12)24-16(25)8-9-19(23,24)18(27)22-14-7-6-11(20)10-13(14)21/h2-7,10H,8-9H2,1H3,(H,22,27)/t19-/m1/s1. The van der Waals surface area contributed by atoms with Crippen LogP contribution in [0, 0.1) is 0 Å². The highest BCUT2D eigenvalue weighted by Crippen LogP contribution is 2.44. The molecule has 3 amide bonds. The predicted octanol–water partition coefficient (Wildman–Crippen LogP) is 3.54. The fourth-order valence-electron chi connectivity index (χ4n) is 3.74. The van der Waals surface area contributed by atoms with E-state index in [0.29, 0.717) is 22.0 Å². The number of rotatable bonds is 2. The van der Waals surface area contributed by atoms with E-state index in [1.54, 1.807) is 36.4 Å². The van der Waals surface area contributed by atoms with Gasteiger partial charge < -0.3 is 10.2 Å². The normalized spacial score (nSPS) is 21.1. The summed E-state index contributed by atoms with van der Waals surface area (Å²) in [4.78, 5) is 41.6. The summed E-state index contributed by atoms with van der Waals surface area (Å²) in [5.41, 5.74) is -0.242. The number of nitrogens with zero attached hydrogens (tertiary/aromatic N) is 2. The summed E-state index contributed by atoms with van der Waals surface area (Å²) < 4.78 is 0. The summed E-state index contributed by atoms with van der Waals surface area (Å²) in [6.45, 7) is 0. The molecule has 27 heavy (non-hydrogen) atoms. The van der Waals surface area contributed by atoms with Crippen molar-refractivity contribution in [2.45, 2.75) is 18.5 Å². The average Bonchev–Trinajstić information content (AvgIpc) is 3.01. The van der Waals surface area contributed by atoms with Gasteiger partial charge in [-0.05, 0) is 30.3 Å². The molecule has 1 atom stereocenters. The van der Waals surface area contributed by atoms with Crippen molar-refractivity contribution in [3.8, 4) is 0 Å². The third kappa shape index (κ3) is 2.51. The van der Waals surface area contributed by atoms with Gasteiger partial charge in [-0.15, -0.1) is 0 Å². The van der Waals surface area contributed by atoms with Gasteiger partial charge in [-0.3, -0.25) is 19.3 Å². The lowest BCUT2D eigenvalue weighted by Gasteiger charge is -2.47. The van der Waals surface area contributed by atoms with Gasteiger partial charge in [0.1, 0.15) is 0 Å². The Balaban J connectivity index is 1.81. The molecule has 0 aromatic heterocycles. The van der Waals surface area contributed by atoms with Gasteiger partial charge in [-0.1, -0.05) is 35.3 Å². The van der Waals surface area contributed by atoms with Crippen LogP contribution in [0.4, 0.5) is 11.4 Å². The molecule has 1 N–H and O–H groups in total. The first-order chi connectivity index (χ1) is 12.9. The van der Waals surface area contributed by atoms with Crippen molar-refractivity contribution in [1.82, 2.24) is 4.90 Å². The molecule has 8 heteroatoms. The maximum atomic E-state index is 13.3. The number of nitrogens with one attached hydrogen (secondary N) is 1. The van der Waals surface area contributed by atoms with E-state index in [1.807, 2.05) is 0 Å². The van der Waals surface area contributed by atoms with Crippen LogP contribution in [-0.4, -0.2) is 35.3 Å². The van der Waals surface area contributed by atoms with Crippen LogP contribution in [0.3, 0.4) is 0 Å². The van der Waals surface area contributed by atoms with E-state index in [0.717, 1.165) is 0 Å². The Hall–Kier alpha value is -2.57. The quantitative estimate of drug-likeness (QED) is 0.833. The lowest BCUT2D eigenvalue weighted by molar-refractivity contribution is -0.128. The second-order valence-electron chi connectivity index (χ2n) is 6.51. The summed E-state index contributed by atoms with van der Waals surface area (Å²) in [5.74, 6) is -1.02. The Morgan fingerprint density at radius 1 is 1.15 bits per heavy atom. The first-order valence-electron chi connectivity index (χ1n) is 8.33. The largest absolute Gasteiger partial charge is 0.321 e. The third-order valence-corrected chi connectivity index (χ3v) is 5.63. The molecular weight excluding hydrogens is 389 g/mol. The van der Waals surface area contributed by atoms with Crippen LogP contribution in [0.5, 0.6) is 0 Å². The van der Waals surface area contributed by atoms with Crippen LogP contribution in [-0.2, 0) is 9.59 Å². The lowest BCUT2D eigenvalue weighted by atomic mass is 9.96. The minimum absolute atomic E-state index is 0.160. The number of likely N-dealkylation sites (N-methyl/N-ethyl adjacent to an activating group) is 1. The molecule has 2 aliphatic heterocycles. The van der Waals surface area contributed by atoms with Gasteiger partial charge >= 0.3 is 0 Å². The molecule has 0 bridgehead atoms. The monoisotopic (exact) mass is 403 g/mol. The van der Waals surface area contributed by atoms with Gasteiger partial charge in [-0.25, -0.2) is 0 Å². The highest BCUT2D eigenvalue weighted by atomic mass is 35.5. The molecule has 0 radical (unpaired) electrons. The number of amides is 3.